The van der Waals surface area contributed by atoms with Crippen molar-refractivity contribution in [2.24, 2.45) is 0 Å². The first-order chi connectivity index (χ1) is 14.7. The van der Waals surface area contributed by atoms with E-state index in [0.29, 0.717) is 42.6 Å². The molecule has 0 bridgehead atoms. The highest BCUT2D eigenvalue weighted by atomic mass is 32.2. The van der Waals surface area contributed by atoms with E-state index in [1.165, 1.54) is 29.4 Å². The van der Waals surface area contributed by atoms with Crippen LogP contribution >= 0.6 is 0 Å². The fourth-order valence-electron chi connectivity index (χ4n) is 3.62. The zero-order valence-electron chi connectivity index (χ0n) is 16.7. The van der Waals surface area contributed by atoms with E-state index in [1.54, 1.807) is 12.1 Å². The van der Waals surface area contributed by atoms with Crippen molar-refractivity contribution in [3.8, 4) is 17.0 Å². The van der Waals surface area contributed by atoms with Crippen molar-refractivity contribution in [1.29, 1.82) is 0 Å². The zero-order chi connectivity index (χ0) is 22.2. The number of amides is 1. The molecule has 10 heteroatoms. The second-order valence-corrected chi connectivity index (χ2v) is 9.38. The summed E-state index contributed by atoms with van der Waals surface area (Å²) < 4.78 is 44.3. The number of piperidine rings is 1. The van der Waals surface area contributed by atoms with Crippen molar-refractivity contribution in [2.75, 3.05) is 19.3 Å². The van der Waals surface area contributed by atoms with Gasteiger partial charge >= 0.3 is 6.09 Å². The molecule has 162 valence electrons. The van der Waals surface area contributed by atoms with E-state index in [4.69, 9.17) is 9.84 Å². The number of rotatable bonds is 4. The molecule has 0 unspecified atom stereocenters. The molecule has 1 aromatic carbocycles. The lowest BCUT2D eigenvalue weighted by Gasteiger charge is -2.30. The molecule has 0 atom stereocenters. The molecule has 1 N–H and O–H groups in total. The fraction of sp³-hybridized carbons (Fsp3) is 0.286. The number of sulfone groups is 1. The SMILES string of the molecule is CS(=O)(=O)c1ccc(-c2nccc3c(OC4CCN(C(=O)O)CC4)ccnc23)c(F)c1. The van der Waals surface area contributed by atoms with Gasteiger partial charge in [-0.3, -0.25) is 9.97 Å². The van der Waals surface area contributed by atoms with Crippen LogP contribution in [0.4, 0.5) is 9.18 Å². The topological polar surface area (TPSA) is 110 Å². The average Bonchev–Trinajstić information content (AvgIpc) is 2.73. The van der Waals surface area contributed by atoms with Crippen molar-refractivity contribution in [1.82, 2.24) is 14.9 Å². The minimum atomic E-state index is -3.54. The number of hydrogen-bond donors (Lipinski definition) is 1. The first-order valence-corrected chi connectivity index (χ1v) is 11.5. The van der Waals surface area contributed by atoms with Crippen molar-refractivity contribution in [3.05, 3.63) is 48.5 Å². The Morgan fingerprint density at radius 1 is 1.16 bits per heavy atom. The van der Waals surface area contributed by atoms with E-state index in [-0.39, 0.29) is 22.3 Å². The molecule has 8 nitrogen and oxygen atoms in total. The van der Waals surface area contributed by atoms with Crippen molar-refractivity contribution >= 4 is 26.8 Å². The van der Waals surface area contributed by atoms with Crippen LogP contribution in [0.15, 0.2) is 47.6 Å². The van der Waals surface area contributed by atoms with Gasteiger partial charge in [0.05, 0.1) is 10.6 Å². The molecule has 4 rings (SSSR count). The maximum atomic E-state index is 14.8. The minimum absolute atomic E-state index is 0.112. The lowest BCUT2D eigenvalue weighted by molar-refractivity contribution is 0.0902. The minimum Gasteiger partial charge on any atom is -0.490 e. The Hall–Kier alpha value is -3.27. The van der Waals surface area contributed by atoms with Crippen LogP contribution in [0.5, 0.6) is 5.75 Å². The van der Waals surface area contributed by atoms with Gasteiger partial charge in [0.2, 0.25) is 0 Å². The predicted molar refractivity (Wildman–Crippen MR) is 111 cm³/mol. The second-order valence-electron chi connectivity index (χ2n) is 7.37. The number of hydrogen-bond acceptors (Lipinski definition) is 6. The summed E-state index contributed by atoms with van der Waals surface area (Å²) in [5, 5.41) is 9.72. The van der Waals surface area contributed by atoms with Gasteiger partial charge in [-0.1, -0.05) is 0 Å². The third-order valence-corrected chi connectivity index (χ3v) is 6.36. The van der Waals surface area contributed by atoms with E-state index in [1.807, 2.05) is 0 Å². The molecule has 1 aliphatic rings. The largest absolute Gasteiger partial charge is 0.490 e. The van der Waals surface area contributed by atoms with Crippen LogP contribution in [0.3, 0.4) is 0 Å². The van der Waals surface area contributed by atoms with Crippen molar-refractivity contribution in [2.45, 2.75) is 23.8 Å². The Morgan fingerprint density at radius 2 is 1.87 bits per heavy atom. The Kier molecular flexibility index (Phi) is 5.48. The monoisotopic (exact) mass is 445 g/mol. The van der Waals surface area contributed by atoms with Crippen LogP contribution in [0.1, 0.15) is 12.8 Å². The first-order valence-electron chi connectivity index (χ1n) is 9.62. The van der Waals surface area contributed by atoms with Crippen LogP contribution in [-0.4, -0.2) is 59.9 Å². The molecule has 0 aliphatic carbocycles. The molecule has 2 aromatic heterocycles. The molecule has 3 heterocycles. The molecule has 31 heavy (non-hydrogen) atoms. The molecule has 1 fully saturated rings. The summed E-state index contributed by atoms with van der Waals surface area (Å²) in [4.78, 5) is 20.9. The smallest absolute Gasteiger partial charge is 0.407 e. The van der Waals surface area contributed by atoms with Gasteiger partial charge in [-0.25, -0.2) is 17.6 Å². The predicted octanol–water partition coefficient (Wildman–Crippen LogP) is 3.36. The number of fused-ring (bicyclic) bond motifs is 1. The quantitative estimate of drug-likeness (QED) is 0.656. The molecule has 1 amide bonds. The first kappa shape index (κ1) is 21.0. The number of aromatic nitrogens is 2. The fourth-order valence-corrected chi connectivity index (χ4v) is 4.25. The molecular formula is C21H20FN3O5S. The maximum Gasteiger partial charge on any atom is 0.407 e. The number of carbonyl (C=O) groups is 1. The van der Waals surface area contributed by atoms with Crippen LogP contribution in [-0.2, 0) is 9.84 Å². The molecule has 1 aliphatic heterocycles. The number of benzene rings is 1. The molecule has 0 spiro atoms. The van der Waals surface area contributed by atoms with Gasteiger partial charge in [-0.2, -0.15) is 0 Å². The van der Waals surface area contributed by atoms with Gasteiger partial charge < -0.3 is 14.7 Å². The highest BCUT2D eigenvalue weighted by Crippen LogP contribution is 2.33. The van der Waals surface area contributed by atoms with Crippen molar-refractivity contribution < 1.29 is 27.4 Å². The molecule has 3 aromatic rings. The summed E-state index contributed by atoms with van der Waals surface area (Å²) in [5.74, 6) is -0.160. The van der Waals surface area contributed by atoms with Crippen LogP contribution in [0.25, 0.3) is 22.2 Å². The van der Waals surface area contributed by atoms with Crippen LogP contribution in [0.2, 0.25) is 0 Å². The Bertz CT molecular complexity index is 1260. The lowest BCUT2D eigenvalue weighted by Crippen LogP contribution is -2.41. The third-order valence-electron chi connectivity index (χ3n) is 5.25. The normalized spacial score (nSPS) is 15.2. The molecule has 1 saturated heterocycles. The summed E-state index contributed by atoms with van der Waals surface area (Å²) in [5.41, 5.74) is 0.840. The summed E-state index contributed by atoms with van der Waals surface area (Å²) in [7, 11) is -3.54. The standard InChI is InChI=1S/C21H20FN3O5S/c1-31(28,29)14-2-3-15(17(22)12-14)19-20-16(4-8-23-19)18(5-9-24-20)30-13-6-10-25(11-7-13)21(26)27/h2-5,8-9,12-13H,6-7,10-11H2,1H3,(H,26,27). The number of ether oxygens (including phenoxy) is 1. The molecule has 0 radical (unpaired) electrons. The molecular weight excluding hydrogens is 425 g/mol. The summed E-state index contributed by atoms with van der Waals surface area (Å²) in [6, 6.07) is 7.12. The van der Waals surface area contributed by atoms with Gasteiger partial charge in [0, 0.05) is 55.5 Å². The number of likely N-dealkylation sites (tertiary alicyclic amines) is 1. The lowest BCUT2D eigenvalue weighted by atomic mass is 10.1. The summed E-state index contributed by atoms with van der Waals surface area (Å²) in [6.45, 7) is 0.793. The van der Waals surface area contributed by atoms with Crippen LogP contribution in [0, 0.1) is 5.82 Å². The van der Waals surface area contributed by atoms with E-state index >= 15 is 0 Å². The highest BCUT2D eigenvalue weighted by Gasteiger charge is 2.24. The number of halogens is 1. The van der Waals surface area contributed by atoms with E-state index < -0.39 is 21.7 Å². The van der Waals surface area contributed by atoms with Gasteiger partial charge in [0.1, 0.15) is 23.2 Å². The van der Waals surface area contributed by atoms with E-state index in [2.05, 4.69) is 9.97 Å². The van der Waals surface area contributed by atoms with Gasteiger partial charge in [-0.15, -0.1) is 0 Å². The Balaban J connectivity index is 1.67. The Labute approximate surface area is 178 Å². The summed E-state index contributed by atoms with van der Waals surface area (Å²) >= 11 is 0. The van der Waals surface area contributed by atoms with Crippen molar-refractivity contribution in [3.63, 3.8) is 0 Å². The van der Waals surface area contributed by atoms with E-state index in [0.717, 1.165) is 12.3 Å². The van der Waals surface area contributed by atoms with Gasteiger partial charge in [0.15, 0.2) is 9.84 Å². The van der Waals surface area contributed by atoms with E-state index in [9.17, 15) is 17.6 Å². The van der Waals surface area contributed by atoms with Gasteiger partial charge in [-0.05, 0) is 30.3 Å². The zero-order valence-corrected chi connectivity index (χ0v) is 17.5. The number of nitrogens with zero attached hydrogens (tertiary/aromatic N) is 3. The Morgan fingerprint density at radius 3 is 2.52 bits per heavy atom. The van der Waals surface area contributed by atoms with Crippen LogP contribution < -0.4 is 4.74 Å². The maximum absolute atomic E-state index is 14.8. The number of pyridine rings is 2. The average molecular weight is 445 g/mol. The third kappa shape index (κ3) is 4.29. The second kappa shape index (κ2) is 8.10. The van der Waals surface area contributed by atoms with Gasteiger partial charge in [0.25, 0.3) is 0 Å². The molecule has 0 saturated carbocycles. The summed E-state index contributed by atoms with van der Waals surface area (Å²) in [6.07, 6.45) is 4.12. The number of carboxylic acid groups (broad SMARTS) is 1. The highest BCUT2D eigenvalue weighted by molar-refractivity contribution is 7.90.